The van der Waals surface area contributed by atoms with Crippen LogP contribution in [0.15, 0.2) is 66.3 Å². The Kier molecular flexibility index (Phi) is 6.30. The molecular weight excluding hydrogens is 322 g/mol. The van der Waals surface area contributed by atoms with Crippen molar-refractivity contribution in [3.05, 3.63) is 82.7 Å². The molecule has 0 aliphatic rings. The molecule has 1 aromatic carbocycles. The Labute approximate surface area is 146 Å². The van der Waals surface area contributed by atoms with E-state index in [-0.39, 0.29) is 11.6 Å². The van der Waals surface area contributed by atoms with E-state index in [0.717, 1.165) is 5.56 Å². The summed E-state index contributed by atoms with van der Waals surface area (Å²) in [5.41, 5.74) is 1.65. The van der Waals surface area contributed by atoms with Crippen molar-refractivity contribution < 1.29 is 4.79 Å². The van der Waals surface area contributed by atoms with Crippen molar-refractivity contribution in [2.24, 2.45) is 0 Å². The minimum Gasteiger partial charge on any atom is -0.345 e. The highest BCUT2D eigenvalue weighted by atomic mass is 35.5. The first kappa shape index (κ1) is 17.5. The van der Waals surface area contributed by atoms with Gasteiger partial charge in [-0.3, -0.25) is 4.79 Å². The van der Waals surface area contributed by atoms with Gasteiger partial charge in [0, 0.05) is 0 Å². The number of carbonyl (C=O) groups is 1. The lowest BCUT2D eigenvalue weighted by molar-refractivity contribution is -0.117. The molecule has 0 saturated heterocycles. The van der Waals surface area contributed by atoms with Crippen LogP contribution in [-0.4, -0.2) is 10.9 Å². The van der Waals surface area contributed by atoms with E-state index in [1.807, 2.05) is 43.3 Å². The predicted molar refractivity (Wildman–Crippen MR) is 95.0 cm³/mol. The molecule has 0 fully saturated rings. The number of aromatic nitrogens is 1. The van der Waals surface area contributed by atoms with Crippen LogP contribution in [0.25, 0.3) is 6.08 Å². The minimum atomic E-state index is -0.419. The minimum absolute atomic E-state index is 0.0241. The lowest BCUT2D eigenvalue weighted by atomic mass is 10.1. The molecule has 2 rings (SSSR count). The highest BCUT2D eigenvalue weighted by Crippen LogP contribution is 2.12. The van der Waals surface area contributed by atoms with Crippen molar-refractivity contribution in [1.82, 2.24) is 10.3 Å². The Bertz CT molecular complexity index is 807. The van der Waals surface area contributed by atoms with Gasteiger partial charge in [0.1, 0.15) is 16.8 Å². The van der Waals surface area contributed by atoms with Gasteiger partial charge >= 0.3 is 0 Å². The topological polar surface area (TPSA) is 65.8 Å². The van der Waals surface area contributed by atoms with Gasteiger partial charge in [0.2, 0.25) is 0 Å². The highest BCUT2D eigenvalue weighted by Gasteiger charge is 2.12. The van der Waals surface area contributed by atoms with E-state index in [2.05, 4.69) is 10.3 Å². The van der Waals surface area contributed by atoms with E-state index >= 15 is 0 Å². The summed E-state index contributed by atoms with van der Waals surface area (Å²) in [6.07, 6.45) is 4.73. The van der Waals surface area contributed by atoms with Gasteiger partial charge in [-0.25, -0.2) is 4.98 Å². The molecule has 2 aromatic rings. The first-order valence-electron chi connectivity index (χ1n) is 7.37. The fraction of sp³-hybridized carbons (Fsp3) is 0.105. The van der Waals surface area contributed by atoms with Gasteiger partial charge in [0.25, 0.3) is 5.91 Å². The fourth-order valence-electron chi connectivity index (χ4n) is 2.02. The molecule has 1 amide bonds. The summed E-state index contributed by atoms with van der Waals surface area (Å²) in [7, 11) is 0. The van der Waals surface area contributed by atoms with Gasteiger partial charge in [-0.15, -0.1) is 0 Å². The number of benzene rings is 1. The third-order valence-corrected chi connectivity index (χ3v) is 3.49. The number of allylic oxidation sites excluding steroid dienone is 2. The third kappa shape index (κ3) is 5.08. The normalized spacial score (nSPS) is 12.6. The summed E-state index contributed by atoms with van der Waals surface area (Å²) < 4.78 is 0. The number of hydrogen-bond donors (Lipinski definition) is 1. The van der Waals surface area contributed by atoms with Crippen molar-refractivity contribution in [3.8, 4) is 6.07 Å². The SMILES string of the molecule is C[C@H](NC(=O)C(C#N)=CC=Cc1cccc(Cl)n1)c1ccccc1. The van der Waals surface area contributed by atoms with Crippen LogP contribution in [0, 0.1) is 11.3 Å². The van der Waals surface area contributed by atoms with E-state index < -0.39 is 5.91 Å². The summed E-state index contributed by atoms with van der Waals surface area (Å²) >= 11 is 5.80. The molecule has 0 aliphatic carbocycles. The zero-order valence-corrected chi connectivity index (χ0v) is 13.9. The molecule has 0 unspecified atom stereocenters. The maximum Gasteiger partial charge on any atom is 0.262 e. The second-order valence-corrected chi connectivity index (χ2v) is 5.43. The smallest absolute Gasteiger partial charge is 0.262 e. The van der Waals surface area contributed by atoms with Crippen LogP contribution in [0.2, 0.25) is 5.15 Å². The third-order valence-electron chi connectivity index (χ3n) is 3.28. The molecule has 5 heteroatoms. The Hall–Kier alpha value is -2.90. The summed E-state index contributed by atoms with van der Waals surface area (Å²) in [4.78, 5) is 16.3. The van der Waals surface area contributed by atoms with Gasteiger partial charge < -0.3 is 5.32 Å². The molecule has 0 saturated carbocycles. The number of hydrogen-bond acceptors (Lipinski definition) is 3. The lowest BCUT2D eigenvalue weighted by Crippen LogP contribution is -2.27. The van der Waals surface area contributed by atoms with Gasteiger partial charge in [0.05, 0.1) is 11.7 Å². The average molecular weight is 338 g/mol. The summed E-state index contributed by atoms with van der Waals surface area (Å²) in [6.45, 7) is 1.87. The monoisotopic (exact) mass is 337 g/mol. The van der Waals surface area contributed by atoms with Crippen LogP contribution in [0.3, 0.4) is 0 Å². The summed E-state index contributed by atoms with van der Waals surface area (Å²) in [6, 6.07) is 16.5. The number of nitriles is 1. The van der Waals surface area contributed by atoms with Crippen molar-refractivity contribution >= 4 is 23.6 Å². The molecule has 120 valence electrons. The molecule has 1 atom stereocenters. The van der Waals surface area contributed by atoms with Crippen LogP contribution in [-0.2, 0) is 4.79 Å². The predicted octanol–water partition coefficient (Wildman–Crippen LogP) is 4.08. The highest BCUT2D eigenvalue weighted by molar-refractivity contribution is 6.29. The number of pyridine rings is 1. The second-order valence-electron chi connectivity index (χ2n) is 5.04. The number of amides is 1. The van der Waals surface area contributed by atoms with Crippen molar-refractivity contribution in [3.63, 3.8) is 0 Å². The van der Waals surface area contributed by atoms with E-state index in [4.69, 9.17) is 11.6 Å². The van der Waals surface area contributed by atoms with Crippen LogP contribution in [0.1, 0.15) is 24.2 Å². The van der Waals surface area contributed by atoms with Gasteiger partial charge in [-0.1, -0.05) is 54.1 Å². The molecule has 0 spiro atoms. The van der Waals surface area contributed by atoms with E-state index in [1.165, 1.54) is 6.08 Å². The Balaban J connectivity index is 2.04. The molecule has 0 bridgehead atoms. The van der Waals surface area contributed by atoms with E-state index in [0.29, 0.717) is 10.8 Å². The number of halogens is 1. The Morgan fingerprint density at radius 3 is 2.67 bits per heavy atom. The van der Waals surface area contributed by atoms with Gasteiger partial charge in [-0.05, 0) is 36.8 Å². The molecule has 1 heterocycles. The molecule has 4 nitrogen and oxygen atoms in total. The van der Waals surface area contributed by atoms with Crippen molar-refractivity contribution in [1.29, 1.82) is 5.26 Å². The zero-order valence-electron chi connectivity index (χ0n) is 13.1. The maximum atomic E-state index is 12.2. The van der Waals surface area contributed by atoms with E-state index in [9.17, 15) is 10.1 Å². The molecule has 0 radical (unpaired) electrons. The molecule has 1 aromatic heterocycles. The van der Waals surface area contributed by atoms with Crippen molar-refractivity contribution in [2.45, 2.75) is 13.0 Å². The lowest BCUT2D eigenvalue weighted by Gasteiger charge is -2.13. The zero-order chi connectivity index (χ0) is 17.4. The van der Waals surface area contributed by atoms with Crippen LogP contribution >= 0.6 is 11.6 Å². The van der Waals surface area contributed by atoms with Crippen LogP contribution in [0.4, 0.5) is 0 Å². The van der Waals surface area contributed by atoms with Crippen LogP contribution < -0.4 is 5.32 Å². The largest absolute Gasteiger partial charge is 0.345 e. The quantitative estimate of drug-likeness (QED) is 0.387. The van der Waals surface area contributed by atoms with Gasteiger partial charge in [-0.2, -0.15) is 5.26 Å². The molecule has 0 aliphatic heterocycles. The van der Waals surface area contributed by atoms with Crippen molar-refractivity contribution in [2.75, 3.05) is 0 Å². The van der Waals surface area contributed by atoms with E-state index in [1.54, 1.807) is 30.4 Å². The number of rotatable bonds is 5. The molecule has 24 heavy (non-hydrogen) atoms. The Morgan fingerprint density at radius 2 is 2.00 bits per heavy atom. The number of nitrogens with one attached hydrogen (secondary N) is 1. The standard InChI is InChI=1S/C19H16ClN3O/c1-14(15-7-3-2-4-8-15)22-19(24)16(13-21)9-5-10-17-11-6-12-18(20)23-17/h2-12,14H,1H3,(H,22,24)/t14-/m0/s1. The first-order valence-corrected chi connectivity index (χ1v) is 7.75. The Morgan fingerprint density at radius 1 is 1.25 bits per heavy atom. The summed E-state index contributed by atoms with van der Waals surface area (Å²) in [5, 5.41) is 12.4. The maximum absolute atomic E-state index is 12.2. The van der Waals surface area contributed by atoms with Gasteiger partial charge in [0.15, 0.2) is 0 Å². The molecular formula is C19H16ClN3O. The fourth-order valence-corrected chi connectivity index (χ4v) is 2.19. The second kappa shape index (κ2) is 8.66. The average Bonchev–Trinajstić information content (AvgIpc) is 2.59. The first-order chi connectivity index (χ1) is 11.6. The van der Waals surface area contributed by atoms with Crippen LogP contribution in [0.5, 0.6) is 0 Å². The number of nitrogens with zero attached hydrogens (tertiary/aromatic N) is 2. The summed E-state index contributed by atoms with van der Waals surface area (Å²) in [5.74, 6) is -0.419. The number of carbonyl (C=O) groups excluding carboxylic acids is 1. The molecule has 1 N–H and O–H groups in total.